The van der Waals surface area contributed by atoms with Crippen LogP contribution in [0.4, 0.5) is 0 Å². The number of benzene rings is 1. The molecule has 0 saturated heterocycles. The second kappa shape index (κ2) is 2.59. The molecule has 0 aliphatic carbocycles. The molecular weight excluding hydrogens is 150 g/mol. The molecule has 0 amide bonds. The van der Waals surface area contributed by atoms with Crippen molar-refractivity contribution in [1.29, 1.82) is 0 Å². The number of fused-ring (bicyclic) bond motifs is 1. The Balaban J connectivity index is 2.75. The van der Waals surface area contributed by atoms with Crippen molar-refractivity contribution in [2.75, 3.05) is 0 Å². The van der Waals surface area contributed by atoms with Gasteiger partial charge in [-0.1, -0.05) is 11.3 Å². The lowest BCUT2D eigenvalue weighted by molar-refractivity contribution is 0.646. The Morgan fingerprint density at radius 2 is 2.25 bits per heavy atom. The first kappa shape index (κ1) is 7.28. The predicted molar refractivity (Wildman–Crippen MR) is 47.9 cm³/mol. The van der Waals surface area contributed by atoms with E-state index in [4.69, 9.17) is 0 Å². The highest BCUT2D eigenvalue weighted by atomic mass is 15.4. The molecule has 1 aromatic carbocycles. The van der Waals surface area contributed by atoms with Gasteiger partial charge in [0.05, 0.1) is 5.52 Å². The van der Waals surface area contributed by atoms with E-state index in [0.717, 1.165) is 17.6 Å². The Morgan fingerprint density at radius 3 is 3.00 bits per heavy atom. The molecule has 0 saturated carbocycles. The molecule has 1 aromatic heterocycles. The van der Waals surface area contributed by atoms with Crippen molar-refractivity contribution < 1.29 is 0 Å². The van der Waals surface area contributed by atoms with E-state index < -0.39 is 0 Å². The summed E-state index contributed by atoms with van der Waals surface area (Å²) < 4.78 is 1.91. The van der Waals surface area contributed by atoms with E-state index in [-0.39, 0.29) is 0 Å². The molecule has 62 valence electrons. The standard InChI is InChI=1S/C9H11N3/c1-3-12-9-6-7(2)4-5-8(9)10-11-12/h4-6H,3H2,1-2H3. The molecule has 0 aliphatic rings. The van der Waals surface area contributed by atoms with E-state index in [1.54, 1.807) is 0 Å². The Kier molecular flexibility index (Phi) is 1.57. The minimum absolute atomic E-state index is 0.875. The number of rotatable bonds is 1. The third-order valence-electron chi connectivity index (χ3n) is 1.97. The summed E-state index contributed by atoms with van der Waals surface area (Å²) in [4.78, 5) is 0. The van der Waals surface area contributed by atoms with E-state index in [0.29, 0.717) is 0 Å². The fourth-order valence-corrected chi connectivity index (χ4v) is 1.31. The monoisotopic (exact) mass is 161 g/mol. The molecule has 0 bridgehead atoms. The van der Waals surface area contributed by atoms with Gasteiger partial charge in [-0.15, -0.1) is 5.10 Å². The predicted octanol–water partition coefficient (Wildman–Crippen LogP) is 1.76. The van der Waals surface area contributed by atoms with Gasteiger partial charge in [0.2, 0.25) is 0 Å². The van der Waals surface area contributed by atoms with E-state index in [9.17, 15) is 0 Å². The van der Waals surface area contributed by atoms with Crippen LogP contribution < -0.4 is 0 Å². The van der Waals surface area contributed by atoms with E-state index in [1.807, 2.05) is 10.7 Å². The lowest BCUT2D eigenvalue weighted by Crippen LogP contribution is -1.95. The van der Waals surface area contributed by atoms with Crippen LogP contribution in [0.25, 0.3) is 11.0 Å². The van der Waals surface area contributed by atoms with Crippen molar-refractivity contribution in [2.24, 2.45) is 0 Å². The second-order valence-corrected chi connectivity index (χ2v) is 2.90. The van der Waals surface area contributed by atoms with Crippen LogP contribution in [0.3, 0.4) is 0 Å². The lowest BCUT2D eigenvalue weighted by atomic mass is 10.2. The van der Waals surface area contributed by atoms with Gasteiger partial charge < -0.3 is 0 Å². The normalized spacial score (nSPS) is 10.8. The molecule has 0 fully saturated rings. The molecule has 2 aromatic rings. The summed E-state index contributed by atoms with van der Waals surface area (Å²) in [6.45, 7) is 5.02. The minimum Gasteiger partial charge on any atom is -0.245 e. The van der Waals surface area contributed by atoms with Crippen LogP contribution in [-0.4, -0.2) is 15.0 Å². The van der Waals surface area contributed by atoms with Gasteiger partial charge in [0, 0.05) is 6.54 Å². The third-order valence-corrected chi connectivity index (χ3v) is 1.97. The zero-order chi connectivity index (χ0) is 8.55. The van der Waals surface area contributed by atoms with Gasteiger partial charge in [0.25, 0.3) is 0 Å². The first-order valence-corrected chi connectivity index (χ1v) is 4.11. The first-order valence-electron chi connectivity index (χ1n) is 4.11. The van der Waals surface area contributed by atoms with Crippen LogP contribution in [0.15, 0.2) is 18.2 Å². The maximum atomic E-state index is 4.04. The molecule has 0 radical (unpaired) electrons. The zero-order valence-corrected chi connectivity index (χ0v) is 7.28. The summed E-state index contributed by atoms with van der Waals surface area (Å²) in [5.74, 6) is 0. The van der Waals surface area contributed by atoms with E-state index in [2.05, 4.69) is 36.3 Å². The molecule has 1 heterocycles. The number of aromatic nitrogens is 3. The van der Waals surface area contributed by atoms with Crippen LogP contribution in [0.5, 0.6) is 0 Å². The first-order chi connectivity index (χ1) is 5.81. The molecule has 3 heteroatoms. The molecule has 0 atom stereocenters. The Labute approximate surface area is 71.0 Å². The van der Waals surface area contributed by atoms with Crippen molar-refractivity contribution >= 4 is 11.0 Å². The fourth-order valence-electron chi connectivity index (χ4n) is 1.31. The smallest absolute Gasteiger partial charge is 0.113 e. The van der Waals surface area contributed by atoms with E-state index in [1.165, 1.54) is 5.56 Å². The van der Waals surface area contributed by atoms with Crippen LogP contribution in [0, 0.1) is 6.92 Å². The van der Waals surface area contributed by atoms with Gasteiger partial charge in [-0.25, -0.2) is 4.68 Å². The van der Waals surface area contributed by atoms with Crippen LogP contribution in [0.2, 0.25) is 0 Å². The average Bonchev–Trinajstić information content (AvgIpc) is 2.46. The summed E-state index contributed by atoms with van der Waals surface area (Å²) in [5, 5.41) is 8.07. The summed E-state index contributed by atoms with van der Waals surface area (Å²) in [6.07, 6.45) is 0. The Bertz CT molecular complexity index is 403. The van der Waals surface area contributed by atoms with Gasteiger partial charge in [-0.2, -0.15) is 0 Å². The largest absolute Gasteiger partial charge is 0.245 e. The topological polar surface area (TPSA) is 30.7 Å². The van der Waals surface area contributed by atoms with Crippen LogP contribution in [-0.2, 0) is 6.54 Å². The highest BCUT2D eigenvalue weighted by molar-refractivity contribution is 5.74. The molecular formula is C9H11N3. The number of hydrogen-bond donors (Lipinski definition) is 0. The highest BCUT2D eigenvalue weighted by Gasteiger charge is 2.01. The molecule has 0 unspecified atom stereocenters. The fraction of sp³-hybridized carbons (Fsp3) is 0.333. The molecule has 12 heavy (non-hydrogen) atoms. The molecule has 0 spiro atoms. The van der Waals surface area contributed by atoms with Crippen molar-refractivity contribution in [1.82, 2.24) is 15.0 Å². The van der Waals surface area contributed by atoms with Gasteiger partial charge in [-0.3, -0.25) is 0 Å². The Morgan fingerprint density at radius 1 is 1.42 bits per heavy atom. The van der Waals surface area contributed by atoms with Crippen molar-refractivity contribution in [3.8, 4) is 0 Å². The number of hydrogen-bond acceptors (Lipinski definition) is 2. The molecule has 2 rings (SSSR count). The summed E-state index contributed by atoms with van der Waals surface area (Å²) in [5.41, 5.74) is 3.35. The van der Waals surface area contributed by atoms with Gasteiger partial charge in [0.1, 0.15) is 5.52 Å². The van der Waals surface area contributed by atoms with Gasteiger partial charge >= 0.3 is 0 Å². The summed E-state index contributed by atoms with van der Waals surface area (Å²) in [6, 6.07) is 6.17. The average molecular weight is 161 g/mol. The third kappa shape index (κ3) is 0.978. The molecule has 3 nitrogen and oxygen atoms in total. The maximum Gasteiger partial charge on any atom is 0.113 e. The SMILES string of the molecule is CCn1nnc2ccc(C)cc21. The van der Waals surface area contributed by atoms with Crippen molar-refractivity contribution in [2.45, 2.75) is 20.4 Å². The second-order valence-electron chi connectivity index (χ2n) is 2.90. The van der Waals surface area contributed by atoms with Crippen LogP contribution in [0.1, 0.15) is 12.5 Å². The molecule has 0 aliphatic heterocycles. The number of aryl methyl sites for hydroxylation is 2. The van der Waals surface area contributed by atoms with Gasteiger partial charge in [0.15, 0.2) is 0 Å². The molecule has 0 N–H and O–H groups in total. The summed E-state index contributed by atoms with van der Waals surface area (Å²) in [7, 11) is 0. The summed E-state index contributed by atoms with van der Waals surface area (Å²) >= 11 is 0. The number of nitrogens with zero attached hydrogens (tertiary/aromatic N) is 3. The zero-order valence-electron chi connectivity index (χ0n) is 7.28. The Hall–Kier alpha value is -1.38. The van der Waals surface area contributed by atoms with Crippen LogP contribution >= 0.6 is 0 Å². The lowest BCUT2D eigenvalue weighted by Gasteiger charge is -1.96. The van der Waals surface area contributed by atoms with E-state index >= 15 is 0 Å². The van der Waals surface area contributed by atoms with Gasteiger partial charge in [-0.05, 0) is 31.5 Å². The van der Waals surface area contributed by atoms with Crippen molar-refractivity contribution in [3.63, 3.8) is 0 Å². The highest BCUT2D eigenvalue weighted by Crippen LogP contribution is 2.12. The minimum atomic E-state index is 0.875. The quantitative estimate of drug-likeness (QED) is 0.638. The van der Waals surface area contributed by atoms with Crippen molar-refractivity contribution in [3.05, 3.63) is 23.8 Å². The maximum absolute atomic E-state index is 4.04.